The van der Waals surface area contributed by atoms with Gasteiger partial charge in [0.2, 0.25) is 5.95 Å². The summed E-state index contributed by atoms with van der Waals surface area (Å²) in [5.74, 6) is 0.658. The molecule has 0 amide bonds. The normalized spacial score (nSPS) is 14.6. The molecule has 0 bridgehead atoms. The number of ether oxygens (including phenoxy) is 2. The first kappa shape index (κ1) is 19.2. The molecule has 10 heteroatoms. The molecule has 4 rings (SSSR count). The summed E-state index contributed by atoms with van der Waals surface area (Å²) >= 11 is 0. The van der Waals surface area contributed by atoms with Gasteiger partial charge in [-0.1, -0.05) is 0 Å². The van der Waals surface area contributed by atoms with Crippen molar-refractivity contribution in [2.75, 3.05) is 56.3 Å². The van der Waals surface area contributed by atoms with Crippen LogP contribution in [0.15, 0.2) is 29.2 Å². The van der Waals surface area contributed by atoms with E-state index in [0.717, 1.165) is 5.69 Å². The monoisotopic (exact) mass is 402 g/mol. The lowest BCUT2D eigenvalue weighted by molar-refractivity contribution is 0.146. The molecule has 2 aromatic heterocycles. The molecule has 3 heterocycles. The van der Waals surface area contributed by atoms with Gasteiger partial charge in [-0.25, -0.2) is 4.39 Å². The molecular formula is C19H23FN6O3. The van der Waals surface area contributed by atoms with Crippen molar-refractivity contribution >= 4 is 22.7 Å². The van der Waals surface area contributed by atoms with Gasteiger partial charge in [0, 0.05) is 58.2 Å². The van der Waals surface area contributed by atoms with E-state index in [0.29, 0.717) is 62.1 Å². The van der Waals surface area contributed by atoms with Gasteiger partial charge in [-0.15, -0.1) is 0 Å². The molecule has 0 saturated carbocycles. The molecule has 154 valence electrons. The van der Waals surface area contributed by atoms with Crippen molar-refractivity contribution in [1.82, 2.24) is 19.7 Å². The lowest BCUT2D eigenvalue weighted by Gasteiger charge is -2.36. The van der Waals surface area contributed by atoms with Crippen LogP contribution in [-0.4, -0.2) is 66.3 Å². The maximum atomic E-state index is 14.0. The number of hydrogen-bond donors (Lipinski definition) is 1. The predicted molar refractivity (Wildman–Crippen MR) is 107 cm³/mol. The quantitative estimate of drug-likeness (QED) is 0.619. The van der Waals surface area contributed by atoms with Crippen LogP contribution in [0.1, 0.15) is 0 Å². The number of benzene rings is 1. The van der Waals surface area contributed by atoms with Crippen molar-refractivity contribution in [3.63, 3.8) is 0 Å². The Bertz CT molecular complexity index is 1060. The van der Waals surface area contributed by atoms with Crippen LogP contribution in [0.2, 0.25) is 0 Å². The van der Waals surface area contributed by atoms with Crippen molar-refractivity contribution in [2.45, 2.75) is 0 Å². The number of anilines is 2. The van der Waals surface area contributed by atoms with Crippen LogP contribution in [0.3, 0.4) is 0 Å². The van der Waals surface area contributed by atoms with Gasteiger partial charge in [-0.05, 0) is 6.07 Å². The van der Waals surface area contributed by atoms with Crippen LogP contribution < -0.4 is 20.1 Å². The first-order valence-electron chi connectivity index (χ1n) is 9.39. The zero-order chi connectivity index (χ0) is 20.4. The molecule has 0 atom stereocenters. The van der Waals surface area contributed by atoms with Gasteiger partial charge in [-0.2, -0.15) is 10.1 Å². The number of nitrogens with one attached hydrogen (secondary N) is 1. The zero-order valence-corrected chi connectivity index (χ0v) is 16.4. The molecule has 1 fully saturated rings. The molecule has 1 aliphatic heterocycles. The predicted octanol–water partition coefficient (Wildman–Crippen LogP) is 1.15. The van der Waals surface area contributed by atoms with E-state index < -0.39 is 0 Å². The van der Waals surface area contributed by atoms with Crippen LogP contribution in [-0.2, 0) is 11.8 Å². The molecule has 3 aromatic rings. The fourth-order valence-corrected chi connectivity index (χ4v) is 3.40. The standard InChI is InChI=1S/C19H23FN6O3/c1-24-17-16(12-21-24)18(27)23-19(22-17)26-5-3-25(4-6-26)14-9-13(20)10-15(11-14)29-8-7-28-2/h9-12H,3-8H2,1-2H3,(H,22,23,27). The van der Waals surface area contributed by atoms with Gasteiger partial charge in [0.05, 0.1) is 12.8 Å². The van der Waals surface area contributed by atoms with Gasteiger partial charge >= 0.3 is 0 Å². The molecule has 0 spiro atoms. The van der Waals surface area contributed by atoms with Crippen molar-refractivity contribution in [1.29, 1.82) is 0 Å². The Morgan fingerprint density at radius 3 is 2.66 bits per heavy atom. The molecule has 0 radical (unpaired) electrons. The minimum absolute atomic E-state index is 0.205. The number of methoxy groups -OCH3 is 1. The lowest BCUT2D eigenvalue weighted by atomic mass is 10.2. The van der Waals surface area contributed by atoms with Gasteiger partial charge in [-0.3, -0.25) is 14.5 Å². The molecule has 9 nitrogen and oxygen atoms in total. The highest BCUT2D eigenvalue weighted by atomic mass is 19.1. The first-order valence-corrected chi connectivity index (χ1v) is 9.39. The Kier molecular flexibility index (Phi) is 5.34. The van der Waals surface area contributed by atoms with Gasteiger partial charge < -0.3 is 19.3 Å². The average Bonchev–Trinajstić information content (AvgIpc) is 3.09. The first-order chi connectivity index (χ1) is 14.0. The maximum absolute atomic E-state index is 14.0. The topological polar surface area (TPSA) is 88.5 Å². The number of aryl methyl sites for hydroxylation is 1. The van der Waals surface area contributed by atoms with E-state index in [1.165, 1.54) is 18.3 Å². The second-order valence-corrected chi connectivity index (χ2v) is 6.86. The summed E-state index contributed by atoms with van der Waals surface area (Å²) in [5.41, 5.74) is 1.11. The van der Waals surface area contributed by atoms with Crippen molar-refractivity contribution < 1.29 is 13.9 Å². The Morgan fingerprint density at radius 2 is 1.90 bits per heavy atom. The minimum atomic E-state index is -0.343. The third-order valence-corrected chi connectivity index (χ3v) is 4.95. The van der Waals surface area contributed by atoms with Crippen LogP contribution in [0.25, 0.3) is 11.0 Å². The Hall–Kier alpha value is -3.14. The number of piperazine rings is 1. The van der Waals surface area contributed by atoms with Crippen molar-refractivity contribution in [3.05, 3.63) is 40.6 Å². The smallest absolute Gasteiger partial charge is 0.263 e. The average molecular weight is 402 g/mol. The third kappa shape index (κ3) is 4.02. The van der Waals surface area contributed by atoms with E-state index in [-0.39, 0.29) is 11.4 Å². The van der Waals surface area contributed by atoms with E-state index in [4.69, 9.17) is 9.47 Å². The molecule has 1 aromatic carbocycles. The van der Waals surface area contributed by atoms with Crippen LogP contribution in [0.4, 0.5) is 16.0 Å². The fourth-order valence-electron chi connectivity index (χ4n) is 3.40. The molecule has 29 heavy (non-hydrogen) atoms. The number of aromatic amines is 1. The van der Waals surface area contributed by atoms with Gasteiger partial charge in [0.1, 0.15) is 23.6 Å². The summed E-state index contributed by atoms with van der Waals surface area (Å²) < 4.78 is 26.1. The summed E-state index contributed by atoms with van der Waals surface area (Å²) in [6.07, 6.45) is 1.51. The summed E-state index contributed by atoms with van der Waals surface area (Å²) in [6.45, 7) is 3.41. The second-order valence-electron chi connectivity index (χ2n) is 6.86. The summed E-state index contributed by atoms with van der Waals surface area (Å²) in [4.78, 5) is 23.8. The van der Waals surface area contributed by atoms with E-state index in [9.17, 15) is 9.18 Å². The maximum Gasteiger partial charge on any atom is 0.263 e. The number of aromatic nitrogens is 4. The van der Waals surface area contributed by atoms with E-state index in [2.05, 4.69) is 20.0 Å². The van der Waals surface area contributed by atoms with E-state index in [1.54, 1.807) is 18.8 Å². The second kappa shape index (κ2) is 8.08. The SMILES string of the molecule is COCCOc1cc(F)cc(N2CCN(c3nc4c(cnn4C)c(=O)[nH]3)CC2)c1. The Morgan fingerprint density at radius 1 is 1.14 bits per heavy atom. The number of fused-ring (bicyclic) bond motifs is 1. The lowest BCUT2D eigenvalue weighted by Crippen LogP contribution is -2.47. The molecule has 1 aliphatic rings. The molecule has 0 aliphatic carbocycles. The minimum Gasteiger partial charge on any atom is -0.491 e. The number of H-pyrrole nitrogens is 1. The number of halogens is 1. The number of nitrogens with zero attached hydrogens (tertiary/aromatic N) is 5. The highest BCUT2D eigenvalue weighted by molar-refractivity contribution is 5.74. The highest BCUT2D eigenvalue weighted by Crippen LogP contribution is 2.25. The van der Waals surface area contributed by atoms with Crippen LogP contribution in [0, 0.1) is 5.82 Å². The summed E-state index contributed by atoms with van der Waals surface area (Å²) in [7, 11) is 3.35. The van der Waals surface area contributed by atoms with Gasteiger partial charge in [0.25, 0.3) is 5.56 Å². The molecule has 1 saturated heterocycles. The van der Waals surface area contributed by atoms with E-state index in [1.807, 2.05) is 11.0 Å². The number of hydrogen-bond acceptors (Lipinski definition) is 7. The summed E-state index contributed by atoms with van der Waals surface area (Å²) in [5, 5.41) is 4.56. The zero-order valence-electron chi connectivity index (χ0n) is 16.4. The van der Waals surface area contributed by atoms with Gasteiger partial charge in [0.15, 0.2) is 5.65 Å². The van der Waals surface area contributed by atoms with Crippen molar-refractivity contribution in [3.8, 4) is 5.75 Å². The Balaban J connectivity index is 1.47. The number of rotatable bonds is 6. The molecule has 1 N–H and O–H groups in total. The largest absolute Gasteiger partial charge is 0.491 e. The van der Waals surface area contributed by atoms with Crippen molar-refractivity contribution in [2.24, 2.45) is 7.05 Å². The molecular weight excluding hydrogens is 379 g/mol. The van der Waals surface area contributed by atoms with Crippen LogP contribution >= 0.6 is 0 Å². The Labute approximate surface area is 166 Å². The fraction of sp³-hybridized carbons (Fsp3) is 0.421. The molecule has 0 unspecified atom stereocenters. The van der Waals surface area contributed by atoms with E-state index >= 15 is 0 Å². The summed E-state index contributed by atoms with van der Waals surface area (Å²) in [6, 6.07) is 4.70. The van der Waals surface area contributed by atoms with Crippen LogP contribution in [0.5, 0.6) is 5.75 Å². The third-order valence-electron chi connectivity index (χ3n) is 4.95. The highest BCUT2D eigenvalue weighted by Gasteiger charge is 2.21.